The summed E-state index contributed by atoms with van der Waals surface area (Å²) in [5, 5.41) is 0. The molecule has 0 unspecified atom stereocenters. The smallest absolute Gasteiger partial charge is 0.137 e. The molecule has 0 aliphatic heterocycles. The van der Waals surface area contributed by atoms with Crippen LogP contribution in [0.4, 0.5) is 5.69 Å². The summed E-state index contributed by atoms with van der Waals surface area (Å²) in [4.78, 5) is 6.93. The first-order valence-corrected chi connectivity index (χ1v) is 7.16. The quantitative estimate of drug-likeness (QED) is 0.748. The second-order valence-corrected chi connectivity index (χ2v) is 5.04. The van der Waals surface area contributed by atoms with Crippen molar-refractivity contribution < 1.29 is 9.47 Å². The van der Waals surface area contributed by atoms with E-state index in [1.54, 1.807) is 14.2 Å². The minimum Gasteiger partial charge on any atom is -0.398 e. The standard InChI is InChI=1S/C15H24N4O2/c1-20-9-7-18(8-10-21-2)6-5-14-12-19-11-13(16)3-4-15(19)17-14/h3-4,11-12H,5-10,16H2,1-2H3. The predicted octanol–water partition coefficient (Wildman–Crippen LogP) is 1.05. The van der Waals surface area contributed by atoms with Crippen molar-refractivity contribution in [2.75, 3.05) is 52.8 Å². The third-order valence-electron chi connectivity index (χ3n) is 3.43. The van der Waals surface area contributed by atoms with Crippen LogP contribution in [0.1, 0.15) is 5.69 Å². The summed E-state index contributed by atoms with van der Waals surface area (Å²) in [5.74, 6) is 0. The minimum absolute atomic E-state index is 0.728. The number of ether oxygens (including phenoxy) is 2. The van der Waals surface area contributed by atoms with Gasteiger partial charge in [0.15, 0.2) is 0 Å². The number of methoxy groups -OCH3 is 2. The largest absolute Gasteiger partial charge is 0.398 e. The molecular weight excluding hydrogens is 268 g/mol. The third kappa shape index (κ3) is 4.70. The number of pyridine rings is 1. The summed E-state index contributed by atoms with van der Waals surface area (Å²) in [7, 11) is 3.45. The summed E-state index contributed by atoms with van der Waals surface area (Å²) >= 11 is 0. The molecule has 0 radical (unpaired) electrons. The number of nitrogens with zero attached hydrogens (tertiary/aromatic N) is 3. The molecule has 0 saturated heterocycles. The molecule has 0 aliphatic rings. The van der Waals surface area contributed by atoms with Gasteiger partial charge in [0.1, 0.15) is 5.65 Å². The van der Waals surface area contributed by atoms with E-state index in [4.69, 9.17) is 15.2 Å². The highest BCUT2D eigenvalue weighted by Gasteiger charge is 2.07. The average Bonchev–Trinajstić information content (AvgIpc) is 2.88. The van der Waals surface area contributed by atoms with Crippen LogP contribution in [0, 0.1) is 0 Å². The molecule has 0 atom stereocenters. The van der Waals surface area contributed by atoms with Gasteiger partial charge in [-0.1, -0.05) is 0 Å². The van der Waals surface area contributed by atoms with E-state index < -0.39 is 0 Å². The molecule has 0 bridgehead atoms. The van der Waals surface area contributed by atoms with E-state index in [2.05, 4.69) is 9.88 Å². The Hall–Kier alpha value is -1.63. The molecule has 0 aromatic carbocycles. The van der Waals surface area contributed by atoms with Crippen LogP contribution < -0.4 is 5.73 Å². The van der Waals surface area contributed by atoms with Gasteiger partial charge in [-0.3, -0.25) is 4.90 Å². The van der Waals surface area contributed by atoms with Crippen LogP contribution in [0.5, 0.6) is 0 Å². The number of nitrogens with two attached hydrogens (primary N) is 1. The molecule has 0 amide bonds. The van der Waals surface area contributed by atoms with E-state index in [-0.39, 0.29) is 0 Å². The van der Waals surface area contributed by atoms with Crippen molar-refractivity contribution in [2.24, 2.45) is 0 Å². The molecule has 2 N–H and O–H groups in total. The summed E-state index contributed by atoms with van der Waals surface area (Å²) in [6.07, 6.45) is 4.82. The zero-order valence-electron chi connectivity index (χ0n) is 12.8. The van der Waals surface area contributed by atoms with Crippen molar-refractivity contribution in [1.29, 1.82) is 0 Å². The molecule has 21 heavy (non-hydrogen) atoms. The number of fused-ring (bicyclic) bond motifs is 1. The van der Waals surface area contributed by atoms with Crippen molar-refractivity contribution >= 4 is 11.3 Å². The predicted molar refractivity (Wildman–Crippen MR) is 83.5 cm³/mol. The van der Waals surface area contributed by atoms with E-state index >= 15 is 0 Å². The van der Waals surface area contributed by atoms with Gasteiger partial charge < -0.3 is 19.6 Å². The molecular formula is C15H24N4O2. The van der Waals surface area contributed by atoms with Gasteiger partial charge in [0.05, 0.1) is 18.9 Å². The van der Waals surface area contributed by atoms with Crippen molar-refractivity contribution in [3.63, 3.8) is 0 Å². The lowest BCUT2D eigenvalue weighted by atomic mass is 10.3. The van der Waals surface area contributed by atoms with Gasteiger partial charge in [0.2, 0.25) is 0 Å². The molecule has 0 fully saturated rings. The third-order valence-corrected chi connectivity index (χ3v) is 3.43. The molecule has 116 valence electrons. The van der Waals surface area contributed by atoms with Crippen LogP contribution in [-0.2, 0) is 15.9 Å². The second kappa shape index (κ2) is 7.97. The van der Waals surface area contributed by atoms with Gasteiger partial charge >= 0.3 is 0 Å². The lowest BCUT2D eigenvalue weighted by Crippen LogP contribution is -2.32. The number of hydrogen-bond donors (Lipinski definition) is 1. The lowest BCUT2D eigenvalue weighted by molar-refractivity contribution is 0.114. The molecule has 2 aromatic heterocycles. The van der Waals surface area contributed by atoms with Crippen LogP contribution in [0.2, 0.25) is 0 Å². The maximum Gasteiger partial charge on any atom is 0.137 e. The van der Waals surface area contributed by atoms with E-state index in [9.17, 15) is 0 Å². The highest BCUT2D eigenvalue weighted by atomic mass is 16.5. The Balaban J connectivity index is 1.94. The number of nitrogen functional groups attached to an aromatic ring is 1. The average molecular weight is 292 g/mol. The summed E-state index contributed by atoms with van der Waals surface area (Å²) < 4.78 is 12.3. The summed E-state index contributed by atoms with van der Waals surface area (Å²) in [5.41, 5.74) is 8.52. The Bertz CT molecular complexity index is 548. The van der Waals surface area contributed by atoms with Crippen molar-refractivity contribution in [1.82, 2.24) is 14.3 Å². The van der Waals surface area contributed by atoms with E-state index in [1.807, 2.05) is 28.9 Å². The highest BCUT2D eigenvalue weighted by molar-refractivity contribution is 5.48. The monoisotopic (exact) mass is 292 g/mol. The normalized spacial score (nSPS) is 11.6. The van der Waals surface area contributed by atoms with E-state index in [1.165, 1.54) is 0 Å². The van der Waals surface area contributed by atoms with Gasteiger partial charge in [0, 0.05) is 58.4 Å². The van der Waals surface area contributed by atoms with E-state index in [0.717, 1.165) is 56.3 Å². The van der Waals surface area contributed by atoms with Gasteiger partial charge in [-0.15, -0.1) is 0 Å². The Labute approximate surface area is 125 Å². The molecule has 0 saturated carbocycles. The molecule has 0 aliphatic carbocycles. The Kier molecular flexibility index (Phi) is 5.98. The maximum absolute atomic E-state index is 5.78. The molecule has 2 aromatic rings. The van der Waals surface area contributed by atoms with Gasteiger partial charge in [0.25, 0.3) is 0 Å². The van der Waals surface area contributed by atoms with Gasteiger partial charge in [-0.2, -0.15) is 0 Å². The SMILES string of the molecule is COCCN(CCOC)CCc1cn2cc(N)ccc2n1. The molecule has 6 nitrogen and oxygen atoms in total. The van der Waals surface area contributed by atoms with Crippen molar-refractivity contribution in [2.45, 2.75) is 6.42 Å². The summed E-state index contributed by atoms with van der Waals surface area (Å²) in [6, 6.07) is 3.81. The van der Waals surface area contributed by atoms with Crippen LogP contribution in [0.3, 0.4) is 0 Å². The summed E-state index contributed by atoms with van der Waals surface area (Å²) in [6.45, 7) is 4.20. The molecule has 0 spiro atoms. The Morgan fingerprint density at radius 1 is 1.10 bits per heavy atom. The van der Waals surface area contributed by atoms with Crippen LogP contribution in [-0.4, -0.2) is 61.4 Å². The molecule has 2 rings (SSSR count). The Morgan fingerprint density at radius 3 is 2.48 bits per heavy atom. The zero-order chi connectivity index (χ0) is 15.1. The van der Waals surface area contributed by atoms with Gasteiger partial charge in [-0.05, 0) is 12.1 Å². The number of anilines is 1. The highest BCUT2D eigenvalue weighted by Crippen LogP contribution is 2.09. The number of hydrogen-bond acceptors (Lipinski definition) is 5. The molecule has 2 heterocycles. The first-order chi connectivity index (χ1) is 10.2. The van der Waals surface area contributed by atoms with Crippen LogP contribution >= 0.6 is 0 Å². The van der Waals surface area contributed by atoms with Crippen LogP contribution in [0.15, 0.2) is 24.5 Å². The zero-order valence-corrected chi connectivity index (χ0v) is 12.8. The number of imidazole rings is 1. The van der Waals surface area contributed by atoms with Crippen molar-refractivity contribution in [3.8, 4) is 0 Å². The van der Waals surface area contributed by atoms with Crippen molar-refractivity contribution in [3.05, 3.63) is 30.2 Å². The van der Waals surface area contributed by atoms with Crippen LogP contribution in [0.25, 0.3) is 5.65 Å². The fourth-order valence-corrected chi connectivity index (χ4v) is 2.23. The topological polar surface area (TPSA) is 65.0 Å². The van der Waals surface area contributed by atoms with E-state index in [0.29, 0.717) is 0 Å². The lowest BCUT2D eigenvalue weighted by Gasteiger charge is -2.20. The number of aromatic nitrogens is 2. The maximum atomic E-state index is 5.78. The Morgan fingerprint density at radius 2 is 1.81 bits per heavy atom. The fourth-order valence-electron chi connectivity index (χ4n) is 2.23. The second-order valence-electron chi connectivity index (χ2n) is 5.04. The minimum atomic E-state index is 0.728. The fraction of sp³-hybridized carbons (Fsp3) is 0.533. The van der Waals surface area contributed by atoms with Gasteiger partial charge in [-0.25, -0.2) is 4.98 Å². The molecule has 6 heteroatoms. The first-order valence-electron chi connectivity index (χ1n) is 7.16. The first kappa shape index (κ1) is 15.8. The number of rotatable bonds is 9.